The van der Waals surface area contributed by atoms with Crippen molar-refractivity contribution < 1.29 is 4.79 Å². The standard InChI is InChI=1S/C8H16ClNO/c1-4-7(9)8(11)10(5-2)6-3/h7H,4-6H2,1-3H3. The molecule has 1 atom stereocenters. The quantitative estimate of drug-likeness (QED) is 0.601. The minimum absolute atomic E-state index is 0.0548. The second kappa shape index (κ2) is 5.42. The van der Waals surface area contributed by atoms with Gasteiger partial charge in [0.25, 0.3) is 0 Å². The van der Waals surface area contributed by atoms with Crippen LogP contribution in [0.4, 0.5) is 0 Å². The maximum Gasteiger partial charge on any atom is 0.240 e. The monoisotopic (exact) mass is 177 g/mol. The first kappa shape index (κ1) is 10.8. The Kier molecular flexibility index (Phi) is 5.30. The molecule has 2 nitrogen and oxygen atoms in total. The van der Waals surface area contributed by atoms with E-state index in [2.05, 4.69) is 0 Å². The Balaban J connectivity index is 3.97. The lowest BCUT2D eigenvalue weighted by molar-refractivity contribution is -0.130. The topological polar surface area (TPSA) is 20.3 Å². The molecule has 0 radical (unpaired) electrons. The minimum atomic E-state index is -0.338. The van der Waals surface area contributed by atoms with Gasteiger partial charge in [0.1, 0.15) is 5.38 Å². The van der Waals surface area contributed by atoms with Crippen LogP contribution in [0.25, 0.3) is 0 Å². The predicted molar refractivity (Wildman–Crippen MR) is 47.9 cm³/mol. The summed E-state index contributed by atoms with van der Waals surface area (Å²) in [5.74, 6) is 0.0548. The molecule has 0 saturated heterocycles. The summed E-state index contributed by atoms with van der Waals surface area (Å²) in [6, 6.07) is 0. The van der Waals surface area contributed by atoms with Crippen LogP contribution in [0.1, 0.15) is 27.2 Å². The fraction of sp³-hybridized carbons (Fsp3) is 0.875. The summed E-state index contributed by atoms with van der Waals surface area (Å²) in [5, 5.41) is -0.338. The summed E-state index contributed by atoms with van der Waals surface area (Å²) in [7, 11) is 0. The summed E-state index contributed by atoms with van der Waals surface area (Å²) < 4.78 is 0. The van der Waals surface area contributed by atoms with Gasteiger partial charge in [-0.15, -0.1) is 11.6 Å². The average molecular weight is 178 g/mol. The van der Waals surface area contributed by atoms with E-state index < -0.39 is 0 Å². The van der Waals surface area contributed by atoms with Crippen LogP contribution in [0.15, 0.2) is 0 Å². The summed E-state index contributed by atoms with van der Waals surface area (Å²) in [4.78, 5) is 13.1. The highest BCUT2D eigenvalue weighted by atomic mass is 35.5. The van der Waals surface area contributed by atoms with Crippen LogP contribution in [0, 0.1) is 0 Å². The molecular formula is C8H16ClNO. The summed E-state index contributed by atoms with van der Waals surface area (Å²) in [5.41, 5.74) is 0. The molecular weight excluding hydrogens is 162 g/mol. The number of alkyl halides is 1. The Hall–Kier alpha value is -0.240. The van der Waals surface area contributed by atoms with E-state index in [-0.39, 0.29) is 11.3 Å². The lowest BCUT2D eigenvalue weighted by atomic mass is 10.3. The van der Waals surface area contributed by atoms with E-state index in [1.807, 2.05) is 20.8 Å². The molecule has 66 valence electrons. The number of carbonyl (C=O) groups is 1. The maximum absolute atomic E-state index is 11.3. The molecule has 0 aromatic heterocycles. The zero-order chi connectivity index (χ0) is 8.85. The van der Waals surface area contributed by atoms with E-state index in [0.717, 1.165) is 13.1 Å². The van der Waals surface area contributed by atoms with Crippen molar-refractivity contribution in [2.24, 2.45) is 0 Å². The van der Waals surface area contributed by atoms with Gasteiger partial charge in [0.15, 0.2) is 0 Å². The SMILES string of the molecule is CCC(Cl)C(=O)N(CC)CC. The number of carbonyl (C=O) groups excluding carboxylic acids is 1. The van der Waals surface area contributed by atoms with Crippen molar-refractivity contribution in [1.82, 2.24) is 4.90 Å². The molecule has 11 heavy (non-hydrogen) atoms. The molecule has 0 N–H and O–H groups in total. The number of hydrogen-bond donors (Lipinski definition) is 0. The van der Waals surface area contributed by atoms with Crippen LogP contribution >= 0.6 is 11.6 Å². The number of halogens is 1. The first-order chi connectivity index (χ1) is 5.17. The van der Waals surface area contributed by atoms with Gasteiger partial charge in [-0.05, 0) is 20.3 Å². The molecule has 1 amide bonds. The molecule has 0 rings (SSSR count). The van der Waals surface area contributed by atoms with Crippen LogP contribution in [0.5, 0.6) is 0 Å². The lowest BCUT2D eigenvalue weighted by Crippen LogP contribution is -2.36. The second-order valence-electron chi connectivity index (χ2n) is 2.39. The van der Waals surface area contributed by atoms with Gasteiger partial charge < -0.3 is 4.90 Å². The lowest BCUT2D eigenvalue weighted by Gasteiger charge is -2.20. The number of rotatable bonds is 4. The largest absolute Gasteiger partial charge is 0.342 e. The molecule has 0 spiro atoms. The minimum Gasteiger partial charge on any atom is -0.342 e. The Morgan fingerprint density at radius 2 is 1.82 bits per heavy atom. The van der Waals surface area contributed by atoms with E-state index >= 15 is 0 Å². The second-order valence-corrected chi connectivity index (χ2v) is 2.91. The fourth-order valence-corrected chi connectivity index (χ4v) is 1.05. The molecule has 0 saturated carbocycles. The van der Waals surface area contributed by atoms with Crippen LogP contribution in [-0.2, 0) is 4.79 Å². The highest BCUT2D eigenvalue weighted by molar-refractivity contribution is 6.30. The van der Waals surface area contributed by atoms with Gasteiger partial charge in [-0.2, -0.15) is 0 Å². The third-order valence-corrected chi connectivity index (χ3v) is 2.20. The number of nitrogens with zero attached hydrogens (tertiary/aromatic N) is 1. The Morgan fingerprint density at radius 3 is 2.09 bits per heavy atom. The van der Waals surface area contributed by atoms with Crippen molar-refractivity contribution >= 4 is 17.5 Å². The molecule has 0 aliphatic rings. The zero-order valence-electron chi connectivity index (χ0n) is 7.43. The molecule has 3 heteroatoms. The normalized spacial score (nSPS) is 12.7. The van der Waals surface area contributed by atoms with Gasteiger partial charge in [-0.3, -0.25) is 4.79 Å². The highest BCUT2D eigenvalue weighted by Crippen LogP contribution is 2.05. The Bertz CT molecular complexity index is 123. The van der Waals surface area contributed by atoms with Crippen LogP contribution in [0.2, 0.25) is 0 Å². The van der Waals surface area contributed by atoms with Crippen molar-refractivity contribution in [3.05, 3.63) is 0 Å². The molecule has 0 aromatic carbocycles. The third-order valence-electron chi connectivity index (χ3n) is 1.70. The van der Waals surface area contributed by atoms with E-state index in [1.54, 1.807) is 4.90 Å². The Morgan fingerprint density at radius 1 is 1.36 bits per heavy atom. The van der Waals surface area contributed by atoms with Crippen LogP contribution in [-0.4, -0.2) is 29.3 Å². The average Bonchev–Trinajstić information content (AvgIpc) is 2.05. The van der Waals surface area contributed by atoms with Crippen molar-refractivity contribution in [2.45, 2.75) is 32.6 Å². The van der Waals surface area contributed by atoms with E-state index in [0.29, 0.717) is 6.42 Å². The molecule has 1 unspecified atom stereocenters. The van der Waals surface area contributed by atoms with Gasteiger partial charge in [-0.25, -0.2) is 0 Å². The zero-order valence-corrected chi connectivity index (χ0v) is 8.19. The fourth-order valence-electron chi connectivity index (χ4n) is 0.908. The highest BCUT2D eigenvalue weighted by Gasteiger charge is 2.17. The van der Waals surface area contributed by atoms with E-state index in [9.17, 15) is 4.79 Å². The third kappa shape index (κ3) is 3.10. The molecule has 0 fully saturated rings. The van der Waals surface area contributed by atoms with Crippen molar-refractivity contribution in [1.29, 1.82) is 0 Å². The van der Waals surface area contributed by atoms with Crippen molar-refractivity contribution in [3.8, 4) is 0 Å². The molecule has 0 bridgehead atoms. The maximum atomic E-state index is 11.3. The molecule has 0 aromatic rings. The van der Waals surface area contributed by atoms with Gasteiger partial charge in [0, 0.05) is 13.1 Å². The van der Waals surface area contributed by atoms with Crippen molar-refractivity contribution in [3.63, 3.8) is 0 Å². The van der Waals surface area contributed by atoms with Crippen molar-refractivity contribution in [2.75, 3.05) is 13.1 Å². The first-order valence-electron chi connectivity index (χ1n) is 4.10. The van der Waals surface area contributed by atoms with Gasteiger partial charge in [-0.1, -0.05) is 6.92 Å². The number of amides is 1. The smallest absolute Gasteiger partial charge is 0.240 e. The molecule has 0 heterocycles. The first-order valence-corrected chi connectivity index (χ1v) is 4.53. The summed E-state index contributed by atoms with van der Waals surface area (Å²) in [6.45, 7) is 7.33. The molecule has 0 aliphatic carbocycles. The summed E-state index contributed by atoms with van der Waals surface area (Å²) >= 11 is 5.78. The predicted octanol–water partition coefficient (Wildman–Crippen LogP) is 1.87. The van der Waals surface area contributed by atoms with Crippen LogP contribution in [0.3, 0.4) is 0 Å². The van der Waals surface area contributed by atoms with Gasteiger partial charge in [0.2, 0.25) is 5.91 Å². The van der Waals surface area contributed by atoms with Gasteiger partial charge in [0.05, 0.1) is 0 Å². The van der Waals surface area contributed by atoms with E-state index in [4.69, 9.17) is 11.6 Å². The Labute approximate surface area is 73.5 Å². The molecule has 0 aliphatic heterocycles. The number of hydrogen-bond acceptors (Lipinski definition) is 1. The summed E-state index contributed by atoms with van der Waals surface area (Å²) in [6.07, 6.45) is 0.705. The van der Waals surface area contributed by atoms with Gasteiger partial charge >= 0.3 is 0 Å². The van der Waals surface area contributed by atoms with E-state index in [1.165, 1.54) is 0 Å². The van der Waals surface area contributed by atoms with Crippen LogP contribution < -0.4 is 0 Å².